The molecule has 0 N–H and O–H groups in total. The van der Waals surface area contributed by atoms with Crippen molar-refractivity contribution in [1.82, 2.24) is 19.9 Å². The summed E-state index contributed by atoms with van der Waals surface area (Å²) in [4.78, 5) is 23.2. The molecule has 0 bridgehead atoms. The van der Waals surface area contributed by atoms with Crippen LogP contribution in [0.25, 0.3) is 79.2 Å². The number of fused-ring (bicyclic) bond motifs is 11. The Hall–Kier alpha value is -10.0. The van der Waals surface area contributed by atoms with Crippen LogP contribution in [0, 0.1) is 0 Å². The molecular weight excluding hydrogens is 1010 g/mol. The third-order valence-electron chi connectivity index (χ3n) is 18.1. The van der Waals surface area contributed by atoms with Gasteiger partial charge in [0.2, 0.25) is 0 Å². The summed E-state index contributed by atoms with van der Waals surface area (Å²) in [6.07, 6.45) is 20.3. The van der Waals surface area contributed by atoms with Gasteiger partial charge >= 0.3 is 0 Å². The van der Waals surface area contributed by atoms with Gasteiger partial charge in [0.05, 0.1) is 11.4 Å². The summed E-state index contributed by atoms with van der Waals surface area (Å²) in [6, 6.07) is 71.1. The summed E-state index contributed by atoms with van der Waals surface area (Å²) in [5.41, 5.74) is 24.1. The molecule has 15 rings (SSSR count). The predicted octanol–water partition coefficient (Wildman–Crippen LogP) is 19.8. The van der Waals surface area contributed by atoms with Crippen molar-refractivity contribution in [2.75, 3.05) is 9.80 Å². The van der Waals surface area contributed by atoms with Gasteiger partial charge in [-0.3, -0.25) is 19.8 Å². The van der Waals surface area contributed by atoms with E-state index in [2.05, 4.69) is 280 Å². The first-order chi connectivity index (χ1) is 40.4. The lowest BCUT2D eigenvalue weighted by Crippen LogP contribution is -2.17. The Morgan fingerprint density at radius 1 is 0.289 bits per heavy atom. The smallest absolute Gasteiger partial charge is 0.145 e. The first-order valence-corrected chi connectivity index (χ1v) is 28.7. The van der Waals surface area contributed by atoms with Crippen LogP contribution in [-0.4, -0.2) is 19.9 Å². The minimum atomic E-state index is -0.225. The van der Waals surface area contributed by atoms with Crippen molar-refractivity contribution in [3.63, 3.8) is 0 Å². The molecule has 12 aromatic rings. The average molecular weight is 1070 g/mol. The molecular formula is C77H60N6. The second-order valence-electron chi connectivity index (χ2n) is 24.0. The summed E-state index contributed by atoms with van der Waals surface area (Å²) in [6.45, 7) is 14.2. The second-order valence-corrected chi connectivity index (χ2v) is 24.0. The van der Waals surface area contributed by atoms with E-state index in [-0.39, 0.29) is 16.2 Å². The van der Waals surface area contributed by atoms with Gasteiger partial charge in [0.1, 0.15) is 11.6 Å². The largest absolute Gasteiger partial charge is 0.294 e. The van der Waals surface area contributed by atoms with E-state index in [1.165, 1.54) is 89.0 Å². The second kappa shape index (κ2) is 19.0. The van der Waals surface area contributed by atoms with Crippen LogP contribution in [0.3, 0.4) is 0 Å². The van der Waals surface area contributed by atoms with Gasteiger partial charge in [-0.1, -0.05) is 199 Å². The molecule has 6 heteroatoms. The highest BCUT2D eigenvalue weighted by Crippen LogP contribution is 2.54. The standard InChI is InChI=1S/C77H60N6/c1-75(2)67-43-49(15-17-51-21-27-63-65-29-23-57(47-71(65)76(3,4)69(63)45-51)82(55-33-37-78-38-34-55)73-59-13-9-7-11-53(59)31-41-80-73)19-25-61(67)62-26-20-50(44-68(62)75)16-18-52-22-28-64-66-30-24-58(48-72(66)77(5,6)70(64)46-52)83(56-35-39-79-40-36-56)74-60-14-10-8-12-54(60)32-42-81-74/h7-48H,1-6H3/b17-15+,18-16+. The number of aromatic nitrogens is 4. The Kier molecular flexibility index (Phi) is 11.5. The molecule has 0 unspecified atom stereocenters. The van der Waals surface area contributed by atoms with Crippen molar-refractivity contribution < 1.29 is 0 Å². The molecule has 0 amide bonds. The molecule has 398 valence electrons. The summed E-state index contributed by atoms with van der Waals surface area (Å²) in [5, 5.41) is 4.50. The fraction of sp³-hybridized carbons (Fsp3) is 0.117. The Bertz CT molecular complexity index is 4360. The monoisotopic (exact) mass is 1070 g/mol. The van der Waals surface area contributed by atoms with Crippen LogP contribution in [0.4, 0.5) is 34.4 Å². The molecule has 0 saturated heterocycles. The molecule has 0 atom stereocenters. The maximum atomic E-state index is 4.97. The Balaban J connectivity index is 0.671. The van der Waals surface area contributed by atoms with E-state index in [0.29, 0.717) is 0 Å². The van der Waals surface area contributed by atoms with E-state index in [0.717, 1.165) is 55.9 Å². The zero-order valence-electron chi connectivity index (χ0n) is 47.4. The van der Waals surface area contributed by atoms with Crippen molar-refractivity contribution >= 4 is 80.2 Å². The van der Waals surface area contributed by atoms with Crippen LogP contribution in [0.2, 0.25) is 0 Å². The van der Waals surface area contributed by atoms with Crippen LogP contribution in [0.1, 0.15) is 97.2 Å². The molecule has 8 aromatic carbocycles. The van der Waals surface area contributed by atoms with E-state index in [9.17, 15) is 0 Å². The molecule has 0 saturated carbocycles. The van der Waals surface area contributed by atoms with E-state index in [1.807, 2.05) is 37.2 Å². The molecule has 83 heavy (non-hydrogen) atoms. The SMILES string of the molecule is CC1(C)c2cc(/C=C/c3ccc4c(c3)C(C)(C)c3cc(N(c5ccncc5)c5nccc6ccccc56)ccc3-4)ccc2-c2ccc(/C=C/c3ccc4c(c3)C(C)(C)c3cc(N(c5ccncc5)c5nccc6ccccc56)ccc3-4)cc21. The number of pyridine rings is 4. The van der Waals surface area contributed by atoms with Crippen molar-refractivity contribution in [3.8, 4) is 33.4 Å². The lowest BCUT2D eigenvalue weighted by atomic mass is 9.81. The highest BCUT2D eigenvalue weighted by molar-refractivity contribution is 5.99. The van der Waals surface area contributed by atoms with Gasteiger partial charge in [0.25, 0.3) is 0 Å². The number of nitrogens with zero attached hydrogens (tertiary/aromatic N) is 6. The third kappa shape index (κ3) is 8.14. The molecule has 0 radical (unpaired) electrons. The summed E-state index contributed by atoms with van der Waals surface area (Å²) >= 11 is 0. The number of hydrogen-bond acceptors (Lipinski definition) is 6. The Morgan fingerprint density at radius 3 is 0.928 bits per heavy atom. The number of hydrogen-bond donors (Lipinski definition) is 0. The quantitative estimate of drug-likeness (QED) is 0.127. The number of rotatable bonds is 10. The van der Waals surface area contributed by atoms with Crippen LogP contribution < -0.4 is 9.80 Å². The van der Waals surface area contributed by atoms with Crippen LogP contribution in [0.5, 0.6) is 0 Å². The minimum Gasteiger partial charge on any atom is -0.294 e. The number of benzene rings is 8. The van der Waals surface area contributed by atoms with Gasteiger partial charge < -0.3 is 0 Å². The lowest BCUT2D eigenvalue weighted by molar-refractivity contribution is 0.660. The average Bonchev–Trinajstić information content (AvgIpc) is 4.07. The molecule has 3 aliphatic rings. The van der Waals surface area contributed by atoms with Gasteiger partial charge in [-0.15, -0.1) is 0 Å². The first-order valence-electron chi connectivity index (χ1n) is 28.7. The molecule has 4 aromatic heterocycles. The van der Waals surface area contributed by atoms with Gasteiger partial charge in [-0.25, -0.2) is 9.97 Å². The van der Waals surface area contributed by atoms with Crippen molar-refractivity contribution in [3.05, 3.63) is 287 Å². The maximum absolute atomic E-state index is 4.97. The van der Waals surface area contributed by atoms with E-state index < -0.39 is 0 Å². The normalized spacial score (nSPS) is 14.6. The topological polar surface area (TPSA) is 58.0 Å². The highest BCUT2D eigenvalue weighted by Gasteiger charge is 2.39. The molecule has 3 aliphatic carbocycles. The van der Waals surface area contributed by atoms with Crippen LogP contribution in [0.15, 0.2) is 231 Å². The van der Waals surface area contributed by atoms with Gasteiger partial charge in [0.15, 0.2) is 0 Å². The molecule has 6 nitrogen and oxygen atoms in total. The fourth-order valence-electron chi connectivity index (χ4n) is 13.7. The van der Waals surface area contributed by atoms with Crippen molar-refractivity contribution in [1.29, 1.82) is 0 Å². The van der Waals surface area contributed by atoms with Crippen molar-refractivity contribution in [2.45, 2.75) is 57.8 Å². The molecule has 0 fully saturated rings. The summed E-state index contributed by atoms with van der Waals surface area (Å²) in [5.74, 6) is 1.79. The highest BCUT2D eigenvalue weighted by atomic mass is 15.2. The summed E-state index contributed by atoms with van der Waals surface area (Å²) < 4.78 is 0. The Labute approximate surface area is 485 Å². The van der Waals surface area contributed by atoms with E-state index in [4.69, 9.17) is 9.97 Å². The number of anilines is 6. The summed E-state index contributed by atoms with van der Waals surface area (Å²) in [7, 11) is 0. The third-order valence-corrected chi connectivity index (χ3v) is 18.1. The van der Waals surface area contributed by atoms with Gasteiger partial charge in [-0.05, 0) is 160 Å². The van der Waals surface area contributed by atoms with Gasteiger partial charge in [0, 0.05) is 75.6 Å². The molecule has 0 aliphatic heterocycles. The van der Waals surface area contributed by atoms with Gasteiger partial charge in [-0.2, -0.15) is 0 Å². The molecule has 0 spiro atoms. The van der Waals surface area contributed by atoms with E-state index >= 15 is 0 Å². The molecule has 4 heterocycles. The Morgan fingerprint density at radius 2 is 0.590 bits per heavy atom. The zero-order chi connectivity index (χ0) is 56.2. The predicted molar refractivity (Wildman–Crippen MR) is 345 cm³/mol. The van der Waals surface area contributed by atoms with Crippen LogP contribution in [-0.2, 0) is 16.2 Å². The lowest BCUT2D eigenvalue weighted by Gasteiger charge is -2.28. The van der Waals surface area contributed by atoms with Crippen molar-refractivity contribution in [2.24, 2.45) is 0 Å². The fourth-order valence-corrected chi connectivity index (χ4v) is 13.7. The maximum Gasteiger partial charge on any atom is 0.145 e. The van der Waals surface area contributed by atoms with Crippen LogP contribution >= 0.6 is 0 Å². The first kappa shape index (κ1) is 50.0. The minimum absolute atomic E-state index is 0.171. The zero-order valence-corrected chi connectivity index (χ0v) is 47.4. The van der Waals surface area contributed by atoms with E-state index in [1.54, 1.807) is 0 Å².